The molecule has 2 amide bonds. The van der Waals surface area contributed by atoms with Crippen molar-refractivity contribution in [1.82, 2.24) is 25.0 Å². The number of amides is 2. The lowest BCUT2D eigenvalue weighted by Crippen LogP contribution is -2.58. The Morgan fingerprint density at radius 1 is 1.25 bits per heavy atom. The fraction of sp³-hybridized carbons (Fsp3) is 0.364. The van der Waals surface area contributed by atoms with E-state index >= 15 is 0 Å². The molecule has 0 radical (unpaired) electrons. The number of aliphatic hydroxyl groups is 2. The second kappa shape index (κ2) is 8.45. The molecular weight excluding hydrogens is 430 g/mol. The van der Waals surface area contributed by atoms with Crippen molar-refractivity contribution in [1.29, 1.82) is 0 Å². The number of hydrogen-bond acceptors (Lipinski definition) is 7. The van der Waals surface area contributed by atoms with E-state index < -0.39 is 29.6 Å². The molecule has 3 atom stereocenters. The van der Waals surface area contributed by atoms with Crippen molar-refractivity contribution < 1.29 is 19.8 Å². The molecule has 0 saturated heterocycles. The first-order valence-electron chi connectivity index (χ1n) is 10.2. The van der Waals surface area contributed by atoms with E-state index in [1.54, 1.807) is 17.8 Å². The van der Waals surface area contributed by atoms with Crippen molar-refractivity contribution >= 4 is 23.2 Å². The van der Waals surface area contributed by atoms with Crippen LogP contribution in [-0.2, 0) is 22.7 Å². The van der Waals surface area contributed by atoms with Crippen LogP contribution in [0.2, 0.25) is 0 Å². The lowest BCUT2D eigenvalue weighted by Gasteiger charge is -2.31. The molecule has 0 spiro atoms. The lowest BCUT2D eigenvalue weighted by molar-refractivity contribution is -0.166. The molecule has 3 aromatic rings. The molecule has 2 aromatic heterocycles. The molecular formula is C22H25N5O4S. The van der Waals surface area contributed by atoms with Crippen molar-refractivity contribution in [2.24, 2.45) is 0 Å². The standard InChI is InChI=1S/C22H25N5O4S/c1-13(15-5-7-16(8-6-15)27-10-4-9-23-27)24-21(30)22(3,31)19(28)20(29)26-11-17-18(12-26)32-14(2)25-17/h4-10,13,19,28,31H,11-12H2,1-3H3,(H,24,30)/t13-,19+,22-/m1/s1. The maximum absolute atomic E-state index is 12.8. The summed E-state index contributed by atoms with van der Waals surface area (Å²) in [5, 5.41) is 29.0. The van der Waals surface area contributed by atoms with Crippen molar-refractivity contribution in [2.75, 3.05) is 0 Å². The summed E-state index contributed by atoms with van der Waals surface area (Å²) in [5.74, 6) is -1.53. The lowest BCUT2D eigenvalue weighted by atomic mass is 9.95. The molecule has 0 fully saturated rings. The SMILES string of the molecule is Cc1nc2c(s1)CN(C(=O)[C@H](O)[C@@](C)(O)C(=O)N[C@H](C)c1ccc(-n3cccn3)cc1)C2. The Labute approximate surface area is 189 Å². The highest BCUT2D eigenvalue weighted by molar-refractivity contribution is 7.11. The molecule has 32 heavy (non-hydrogen) atoms. The van der Waals surface area contributed by atoms with E-state index in [0.717, 1.165) is 33.8 Å². The van der Waals surface area contributed by atoms with Crippen LogP contribution in [0.3, 0.4) is 0 Å². The number of fused-ring (bicyclic) bond motifs is 1. The average molecular weight is 456 g/mol. The third-order valence-electron chi connectivity index (χ3n) is 5.61. The number of rotatable bonds is 6. The van der Waals surface area contributed by atoms with Gasteiger partial charge in [0.2, 0.25) is 0 Å². The molecule has 10 heteroatoms. The van der Waals surface area contributed by atoms with E-state index in [4.69, 9.17) is 0 Å². The summed E-state index contributed by atoms with van der Waals surface area (Å²) in [6.45, 7) is 5.37. The Morgan fingerprint density at radius 3 is 2.59 bits per heavy atom. The van der Waals surface area contributed by atoms with E-state index in [0.29, 0.717) is 6.54 Å². The topological polar surface area (TPSA) is 121 Å². The van der Waals surface area contributed by atoms with Crippen LogP contribution in [0.5, 0.6) is 0 Å². The highest BCUT2D eigenvalue weighted by atomic mass is 32.1. The predicted molar refractivity (Wildman–Crippen MR) is 118 cm³/mol. The molecule has 0 aliphatic carbocycles. The molecule has 1 aliphatic rings. The van der Waals surface area contributed by atoms with Gasteiger partial charge in [-0.3, -0.25) is 9.59 Å². The van der Waals surface area contributed by atoms with Gasteiger partial charge >= 0.3 is 0 Å². The van der Waals surface area contributed by atoms with Crippen molar-refractivity contribution in [3.05, 3.63) is 63.9 Å². The number of carbonyl (C=O) groups is 2. The molecule has 3 N–H and O–H groups in total. The highest BCUT2D eigenvalue weighted by Gasteiger charge is 2.45. The van der Waals surface area contributed by atoms with Gasteiger partial charge in [-0.25, -0.2) is 9.67 Å². The summed E-state index contributed by atoms with van der Waals surface area (Å²) >= 11 is 1.50. The number of thiazole rings is 1. The molecule has 1 aromatic carbocycles. The number of carbonyl (C=O) groups excluding carboxylic acids is 2. The fourth-order valence-electron chi connectivity index (χ4n) is 3.63. The van der Waals surface area contributed by atoms with Crippen LogP contribution in [0.15, 0.2) is 42.7 Å². The molecule has 0 unspecified atom stereocenters. The second-order valence-electron chi connectivity index (χ2n) is 8.08. The second-order valence-corrected chi connectivity index (χ2v) is 9.37. The summed E-state index contributed by atoms with van der Waals surface area (Å²) < 4.78 is 1.72. The third kappa shape index (κ3) is 4.16. The highest BCUT2D eigenvalue weighted by Crippen LogP contribution is 2.29. The minimum absolute atomic E-state index is 0.256. The Bertz CT molecular complexity index is 1100. The Balaban J connectivity index is 1.39. The van der Waals surface area contributed by atoms with E-state index in [1.165, 1.54) is 16.2 Å². The minimum Gasteiger partial charge on any atom is -0.380 e. The Morgan fingerprint density at radius 2 is 1.97 bits per heavy atom. The molecule has 1 aliphatic heterocycles. The van der Waals surface area contributed by atoms with E-state index in [9.17, 15) is 19.8 Å². The van der Waals surface area contributed by atoms with Gasteiger partial charge in [-0.05, 0) is 44.5 Å². The molecule has 4 rings (SSSR count). The quantitative estimate of drug-likeness (QED) is 0.518. The number of nitrogens with zero attached hydrogens (tertiary/aromatic N) is 4. The van der Waals surface area contributed by atoms with Gasteiger partial charge in [0.25, 0.3) is 11.8 Å². The van der Waals surface area contributed by atoms with Crippen molar-refractivity contribution in [2.45, 2.75) is 51.6 Å². The van der Waals surface area contributed by atoms with Gasteiger partial charge in [0.05, 0.1) is 35.5 Å². The van der Waals surface area contributed by atoms with Gasteiger partial charge in [0, 0.05) is 17.3 Å². The first kappa shape index (κ1) is 22.1. The number of aryl methyl sites for hydroxylation is 1. The number of benzene rings is 1. The average Bonchev–Trinajstić information content (AvgIpc) is 3.49. The Kier molecular flexibility index (Phi) is 5.85. The first-order valence-corrected chi connectivity index (χ1v) is 11.0. The van der Waals surface area contributed by atoms with Gasteiger partial charge in [-0.1, -0.05) is 12.1 Å². The summed E-state index contributed by atoms with van der Waals surface area (Å²) in [6, 6.07) is 8.79. The van der Waals surface area contributed by atoms with Crippen LogP contribution in [0, 0.1) is 6.92 Å². The number of aliphatic hydroxyl groups excluding tert-OH is 1. The summed E-state index contributed by atoms with van der Waals surface area (Å²) in [5.41, 5.74) is 0.175. The van der Waals surface area contributed by atoms with E-state index in [2.05, 4.69) is 15.4 Å². The van der Waals surface area contributed by atoms with Gasteiger partial charge < -0.3 is 20.4 Å². The minimum atomic E-state index is -2.29. The third-order valence-corrected chi connectivity index (χ3v) is 6.61. The van der Waals surface area contributed by atoms with Crippen LogP contribution in [0.25, 0.3) is 5.69 Å². The zero-order valence-corrected chi connectivity index (χ0v) is 18.8. The predicted octanol–water partition coefficient (Wildman–Crippen LogP) is 1.47. The maximum Gasteiger partial charge on any atom is 0.255 e. The van der Waals surface area contributed by atoms with Crippen LogP contribution >= 0.6 is 11.3 Å². The smallest absolute Gasteiger partial charge is 0.255 e. The normalized spacial score (nSPS) is 16.8. The van der Waals surface area contributed by atoms with Gasteiger partial charge in [0.15, 0.2) is 11.7 Å². The number of aromatic nitrogens is 3. The molecule has 9 nitrogen and oxygen atoms in total. The van der Waals surface area contributed by atoms with Crippen LogP contribution in [0.4, 0.5) is 0 Å². The fourth-order valence-corrected chi connectivity index (χ4v) is 4.59. The number of hydrogen-bond donors (Lipinski definition) is 3. The summed E-state index contributed by atoms with van der Waals surface area (Å²) in [7, 11) is 0. The van der Waals surface area contributed by atoms with E-state index in [-0.39, 0.29) is 6.54 Å². The van der Waals surface area contributed by atoms with Gasteiger partial charge in [-0.2, -0.15) is 5.10 Å². The Hall–Kier alpha value is -3.08. The van der Waals surface area contributed by atoms with Gasteiger partial charge in [0.1, 0.15) is 0 Å². The van der Waals surface area contributed by atoms with Crippen LogP contribution < -0.4 is 5.32 Å². The zero-order valence-electron chi connectivity index (χ0n) is 18.0. The molecule has 3 heterocycles. The number of nitrogens with one attached hydrogen (secondary N) is 1. The molecule has 0 bridgehead atoms. The van der Waals surface area contributed by atoms with E-state index in [1.807, 2.05) is 43.5 Å². The van der Waals surface area contributed by atoms with Crippen molar-refractivity contribution in [3.63, 3.8) is 0 Å². The zero-order chi connectivity index (χ0) is 23.0. The van der Waals surface area contributed by atoms with Crippen LogP contribution in [0.1, 0.15) is 41.0 Å². The summed E-state index contributed by atoms with van der Waals surface area (Å²) in [6.07, 6.45) is 1.61. The molecule has 168 valence electrons. The molecule has 0 saturated carbocycles. The van der Waals surface area contributed by atoms with Crippen LogP contribution in [-0.4, -0.2) is 53.4 Å². The largest absolute Gasteiger partial charge is 0.380 e. The monoisotopic (exact) mass is 455 g/mol. The maximum atomic E-state index is 12.8. The van der Waals surface area contributed by atoms with Crippen molar-refractivity contribution in [3.8, 4) is 5.69 Å². The first-order chi connectivity index (χ1) is 15.2. The summed E-state index contributed by atoms with van der Waals surface area (Å²) in [4.78, 5) is 32.2. The van der Waals surface area contributed by atoms with Gasteiger partial charge in [-0.15, -0.1) is 11.3 Å².